The number of hydrogen-bond acceptors (Lipinski definition) is 4. The molecule has 6 nitrogen and oxygen atoms in total. The fourth-order valence-electron chi connectivity index (χ4n) is 3.29. The van der Waals surface area contributed by atoms with E-state index in [0.717, 1.165) is 24.1 Å². The predicted octanol–water partition coefficient (Wildman–Crippen LogP) is 5.78. The van der Waals surface area contributed by atoms with Gasteiger partial charge in [-0.15, -0.1) is 0 Å². The summed E-state index contributed by atoms with van der Waals surface area (Å²) in [4.78, 5) is 18.6. The van der Waals surface area contributed by atoms with E-state index in [0.29, 0.717) is 29.7 Å². The van der Waals surface area contributed by atoms with Crippen LogP contribution in [0.2, 0.25) is 5.02 Å². The standard InChI is InChI=1S/C20H16ClF3N4O2/c21-14-7-3-12(4-8-14)17-26-18(30-27-17)16-2-1-11-28(16)19(29)25-15-9-5-13(6-10-15)20(22,23)24/h3-10,16H,1-2,11H2,(H,25,29). The number of nitrogens with zero attached hydrogens (tertiary/aromatic N) is 3. The maximum Gasteiger partial charge on any atom is 0.416 e. The smallest absolute Gasteiger partial charge is 0.337 e. The number of rotatable bonds is 3. The summed E-state index contributed by atoms with van der Waals surface area (Å²) in [5.41, 5.74) is 0.222. The average molecular weight is 437 g/mol. The number of benzene rings is 2. The van der Waals surface area contributed by atoms with Crippen molar-refractivity contribution in [2.24, 2.45) is 0 Å². The molecule has 1 fully saturated rings. The van der Waals surface area contributed by atoms with Gasteiger partial charge in [0.25, 0.3) is 0 Å². The molecule has 3 aromatic rings. The Kier molecular flexibility index (Phi) is 5.38. The molecule has 2 aromatic carbocycles. The summed E-state index contributed by atoms with van der Waals surface area (Å²) in [6, 6.07) is 10.4. The van der Waals surface area contributed by atoms with Gasteiger partial charge in [-0.1, -0.05) is 16.8 Å². The van der Waals surface area contributed by atoms with Crippen molar-refractivity contribution < 1.29 is 22.5 Å². The maximum absolute atomic E-state index is 12.7. The second-order valence-electron chi connectivity index (χ2n) is 6.82. The van der Waals surface area contributed by atoms with Crippen molar-refractivity contribution >= 4 is 23.3 Å². The molecule has 1 atom stereocenters. The van der Waals surface area contributed by atoms with Crippen LogP contribution in [-0.4, -0.2) is 27.6 Å². The van der Waals surface area contributed by atoms with Gasteiger partial charge in [0.1, 0.15) is 6.04 Å². The lowest BCUT2D eigenvalue weighted by Crippen LogP contribution is -2.34. The molecule has 4 rings (SSSR count). The van der Waals surface area contributed by atoms with Crippen molar-refractivity contribution in [3.8, 4) is 11.4 Å². The van der Waals surface area contributed by atoms with Gasteiger partial charge in [-0.3, -0.25) is 0 Å². The summed E-state index contributed by atoms with van der Waals surface area (Å²) in [5, 5.41) is 7.19. The normalized spacial score (nSPS) is 16.7. The number of urea groups is 1. The summed E-state index contributed by atoms with van der Waals surface area (Å²) < 4.78 is 43.4. The molecule has 1 unspecified atom stereocenters. The third kappa shape index (κ3) is 4.25. The lowest BCUT2D eigenvalue weighted by molar-refractivity contribution is -0.137. The van der Waals surface area contributed by atoms with E-state index in [2.05, 4.69) is 15.5 Å². The van der Waals surface area contributed by atoms with E-state index in [4.69, 9.17) is 16.1 Å². The second kappa shape index (κ2) is 7.98. The topological polar surface area (TPSA) is 71.3 Å². The Morgan fingerprint density at radius 2 is 1.83 bits per heavy atom. The molecular weight excluding hydrogens is 421 g/mol. The molecule has 1 aliphatic rings. The molecule has 1 saturated heterocycles. The highest BCUT2D eigenvalue weighted by Gasteiger charge is 2.34. The minimum atomic E-state index is -4.43. The highest BCUT2D eigenvalue weighted by atomic mass is 35.5. The molecule has 156 valence electrons. The largest absolute Gasteiger partial charge is 0.416 e. The van der Waals surface area contributed by atoms with Crippen LogP contribution in [0.5, 0.6) is 0 Å². The van der Waals surface area contributed by atoms with E-state index >= 15 is 0 Å². The van der Waals surface area contributed by atoms with Gasteiger partial charge >= 0.3 is 12.2 Å². The lowest BCUT2D eigenvalue weighted by atomic mass is 10.2. The van der Waals surface area contributed by atoms with Crippen molar-refractivity contribution in [1.29, 1.82) is 0 Å². The number of carbonyl (C=O) groups is 1. The third-order valence-corrected chi connectivity index (χ3v) is 5.06. The molecule has 1 aromatic heterocycles. The van der Waals surface area contributed by atoms with Crippen LogP contribution in [0.15, 0.2) is 53.1 Å². The number of halogens is 4. The fourth-order valence-corrected chi connectivity index (χ4v) is 3.42. The number of carbonyl (C=O) groups excluding carboxylic acids is 1. The Hall–Kier alpha value is -3.07. The molecule has 2 amide bonds. The third-order valence-electron chi connectivity index (χ3n) is 4.81. The van der Waals surface area contributed by atoms with Gasteiger partial charge in [0.05, 0.1) is 5.56 Å². The van der Waals surface area contributed by atoms with Gasteiger partial charge in [0, 0.05) is 22.8 Å². The number of nitrogens with one attached hydrogen (secondary N) is 1. The summed E-state index contributed by atoms with van der Waals surface area (Å²) in [6.07, 6.45) is -3.05. The molecule has 0 saturated carbocycles. The molecule has 0 bridgehead atoms. The summed E-state index contributed by atoms with van der Waals surface area (Å²) in [6.45, 7) is 0.468. The zero-order chi connectivity index (χ0) is 21.3. The van der Waals surface area contributed by atoms with E-state index in [9.17, 15) is 18.0 Å². The monoisotopic (exact) mass is 436 g/mol. The zero-order valence-corrected chi connectivity index (χ0v) is 16.2. The maximum atomic E-state index is 12.7. The van der Waals surface area contributed by atoms with Crippen LogP contribution in [0, 0.1) is 0 Å². The van der Waals surface area contributed by atoms with Crippen molar-refractivity contribution in [3.05, 3.63) is 65.0 Å². The van der Waals surface area contributed by atoms with Crippen LogP contribution in [0.1, 0.15) is 30.3 Å². The fraction of sp³-hybridized carbons (Fsp3) is 0.250. The van der Waals surface area contributed by atoms with Gasteiger partial charge in [-0.25, -0.2) is 4.79 Å². The first-order chi connectivity index (χ1) is 14.3. The molecule has 10 heteroatoms. The quantitative estimate of drug-likeness (QED) is 0.565. The Morgan fingerprint density at radius 3 is 2.50 bits per heavy atom. The highest BCUT2D eigenvalue weighted by Crippen LogP contribution is 2.33. The van der Waals surface area contributed by atoms with Crippen LogP contribution in [0.4, 0.5) is 23.7 Å². The molecule has 0 spiro atoms. The highest BCUT2D eigenvalue weighted by molar-refractivity contribution is 6.30. The van der Waals surface area contributed by atoms with Gasteiger partial charge in [0.15, 0.2) is 0 Å². The van der Waals surface area contributed by atoms with Crippen molar-refractivity contribution in [1.82, 2.24) is 15.0 Å². The van der Waals surface area contributed by atoms with E-state index in [1.54, 1.807) is 24.3 Å². The second-order valence-corrected chi connectivity index (χ2v) is 7.26. The van der Waals surface area contributed by atoms with Crippen LogP contribution in [-0.2, 0) is 6.18 Å². The number of aromatic nitrogens is 2. The number of amides is 2. The van der Waals surface area contributed by atoms with Crippen LogP contribution < -0.4 is 5.32 Å². The first-order valence-corrected chi connectivity index (χ1v) is 9.53. The van der Waals surface area contributed by atoms with Crippen LogP contribution in [0.25, 0.3) is 11.4 Å². The van der Waals surface area contributed by atoms with Gasteiger partial charge < -0.3 is 14.7 Å². The predicted molar refractivity (Wildman–Crippen MR) is 104 cm³/mol. The van der Waals surface area contributed by atoms with Crippen LogP contribution in [0.3, 0.4) is 0 Å². The Morgan fingerprint density at radius 1 is 1.13 bits per heavy atom. The minimum Gasteiger partial charge on any atom is -0.337 e. The number of hydrogen-bond donors (Lipinski definition) is 1. The van der Waals surface area contributed by atoms with Gasteiger partial charge in [-0.05, 0) is 61.4 Å². The van der Waals surface area contributed by atoms with Gasteiger partial charge in [-0.2, -0.15) is 18.2 Å². The summed E-state index contributed by atoms with van der Waals surface area (Å²) in [7, 11) is 0. The molecule has 0 radical (unpaired) electrons. The first kappa shape index (κ1) is 20.2. The summed E-state index contributed by atoms with van der Waals surface area (Å²) >= 11 is 5.89. The molecule has 2 heterocycles. The Labute approximate surface area is 174 Å². The SMILES string of the molecule is O=C(Nc1ccc(C(F)(F)F)cc1)N1CCCC1c1nc(-c2ccc(Cl)cc2)no1. The summed E-state index contributed by atoms with van der Waals surface area (Å²) in [5.74, 6) is 0.691. The van der Waals surface area contributed by atoms with E-state index in [1.807, 2.05) is 0 Å². The molecule has 1 aliphatic heterocycles. The van der Waals surface area contributed by atoms with E-state index < -0.39 is 23.8 Å². The molecule has 0 aliphatic carbocycles. The van der Waals surface area contributed by atoms with Crippen molar-refractivity contribution in [3.63, 3.8) is 0 Å². The van der Waals surface area contributed by atoms with Crippen molar-refractivity contribution in [2.75, 3.05) is 11.9 Å². The molecule has 30 heavy (non-hydrogen) atoms. The zero-order valence-electron chi connectivity index (χ0n) is 15.5. The molecular formula is C20H16ClF3N4O2. The minimum absolute atomic E-state index is 0.269. The van der Waals surface area contributed by atoms with E-state index in [-0.39, 0.29) is 5.69 Å². The van der Waals surface area contributed by atoms with Crippen molar-refractivity contribution in [2.45, 2.75) is 25.1 Å². The van der Waals surface area contributed by atoms with Gasteiger partial charge in [0.2, 0.25) is 11.7 Å². The Balaban J connectivity index is 1.47. The number of alkyl halides is 3. The number of anilines is 1. The number of likely N-dealkylation sites (tertiary alicyclic amines) is 1. The van der Waals surface area contributed by atoms with Crippen LogP contribution >= 0.6 is 11.6 Å². The average Bonchev–Trinajstić information content (AvgIpc) is 3.38. The lowest BCUT2D eigenvalue weighted by Gasteiger charge is -2.22. The Bertz CT molecular complexity index is 1040. The molecule has 1 N–H and O–H groups in total. The first-order valence-electron chi connectivity index (χ1n) is 9.16. The van der Waals surface area contributed by atoms with E-state index in [1.165, 1.54) is 17.0 Å².